The van der Waals surface area contributed by atoms with Gasteiger partial charge in [0.2, 0.25) is 0 Å². The van der Waals surface area contributed by atoms with E-state index in [1.165, 1.54) is 0 Å². The van der Waals surface area contributed by atoms with Crippen LogP contribution in [0.1, 0.15) is 5.56 Å². The number of ether oxygens (including phenoxy) is 2. The molecule has 0 radical (unpaired) electrons. The van der Waals surface area contributed by atoms with Crippen molar-refractivity contribution in [3.8, 4) is 5.75 Å². The molecule has 100 valence electrons. The number of halogens is 1. The fraction of sp³-hybridized carbons (Fsp3) is 0.538. The molecule has 1 saturated heterocycles. The monoisotopic (exact) mass is 270 g/mol. The minimum atomic E-state index is 0.105. The molecule has 0 bridgehead atoms. The van der Waals surface area contributed by atoms with E-state index in [2.05, 4.69) is 11.9 Å². The maximum Gasteiger partial charge on any atom is 0.125 e. The molecule has 2 rings (SSSR count). The van der Waals surface area contributed by atoms with Crippen molar-refractivity contribution >= 4 is 11.6 Å². The van der Waals surface area contributed by atoms with E-state index >= 15 is 0 Å². The van der Waals surface area contributed by atoms with Crippen molar-refractivity contribution in [2.75, 3.05) is 33.4 Å². The average molecular weight is 271 g/mol. The van der Waals surface area contributed by atoms with Gasteiger partial charge in [-0.1, -0.05) is 17.7 Å². The fourth-order valence-corrected chi connectivity index (χ4v) is 2.14. The van der Waals surface area contributed by atoms with Crippen molar-refractivity contribution in [1.82, 2.24) is 4.90 Å². The molecule has 1 unspecified atom stereocenters. The van der Waals surface area contributed by atoms with E-state index < -0.39 is 0 Å². The molecule has 0 amide bonds. The molecule has 4 nitrogen and oxygen atoms in total. The van der Waals surface area contributed by atoms with E-state index in [1.807, 2.05) is 12.1 Å². The highest BCUT2D eigenvalue weighted by molar-refractivity contribution is 6.30. The topological polar surface area (TPSA) is 47.7 Å². The first-order valence-corrected chi connectivity index (χ1v) is 6.48. The molecule has 2 N–H and O–H groups in total. The molecule has 1 aromatic carbocycles. The molecule has 1 fully saturated rings. The molecule has 1 aliphatic heterocycles. The van der Waals surface area contributed by atoms with Gasteiger partial charge >= 0.3 is 0 Å². The van der Waals surface area contributed by atoms with Gasteiger partial charge < -0.3 is 20.1 Å². The number of hydrogen-bond donors (Lipinski definition) is 1. The van der Waals surface area contributed by atoms with Crippen molar-refractivity contribution in [1.29, 1.82) is 0 Å². The van der Waals surface area contributed by atoms with Gasteiger partial charge in [0, 0.05) is 30.2 Å². The zero-order chi connectivity index (χ0) is 13.0. The second-order valence-electron chi connectivity index (χ2n) is 4.52. The van der Waals surface area contributed by atoms with E-state index in [4.69, 9.17) is 26.8 Å². The number of morpholine rings is 1. The van der Waals surface area contributed by atoms with Crippen LogP contribution in [0.3, 0.4) is 0 Å². The lowest BCUT2D eigenvalue weighted by Crippen LogP contribution is -2.42. The van der Waals surface area contributed by atoms with E-state index in [0.717, 1.165) is 31.0 Å². The predicted molar refractivity (Wildman–Crippen MR) is 72.1 cm³/mol. The van der Waals surface area contributed by atoms with Crippen LogP contribution in [0.5, 0.6) is 5.75 Å². The highest BCUT2D eigenvalue weighted by Gasteiger charge is 2.18. The summed E-state index contributed by atoms with van der Waals surface area (Å²) in [7, 11) is 2.08. The molecule has 0 aliphatic carbocycles. The van der Waals surface area contributed by atoms with E-state index in [1.54, 1.807) is 6.07 Å². The van der Waals surface area contributed by atoms with Gasteiger partial charge in [0.25, 0.3) is 0 Å². The van der Waals surface area contributed by atoms with Crippen LogP contribution in [0.15, 0.2) is 18.2 Å². The SMILES string of the molecule is CN1CCOC(COc2cc(Cl)ccc2CN)C1. The Balaban J connectivity index is 1.94. The molecule has 0 aromatic heterocycles. The minimum Gasteiger partial charge on any atom is -0.490 e. The van der Waals surface area contributed by atoms with Gasteiger partial charge in [-0.25, -0.2) is 0 Å². The summed E-state index contributed by atoms with van der Waals surface area (Å²) in [4.78, 5) is 2.24. The van der Waals surface area contributed by atoms with Crippen LogP contribution < -0.4 is 10.5 Å². The van der Waals surface area contributed by atoms with Gasteiger partial charge in [-0.3, -0.25) is 0 Å². The van der Waals surface area contributed by atoms with Gasteiger partial charge in [0.05, 0.1) is 6.61 Å². The van der Waals surface area contributed by atoms with E-state index in [9.17, 15) is 0 Å². The van der Waals surface area contributed by atoms with Gasteiger partial charge in [-0.2, -0.15) is 0 Å². The third-order valence-electron chi connectivity index (χ3n) is 3.02. The molecule has 1 heterocycles. The molecule has 0 spiro atoms. The van der Waals surface area contributed by atoms with Crippen LogP contribution in [0.4, 0.5) is 0 Å². The summed E-state index contributed by atoms with van der Waals surface area (Å²) in [6.07, 6.45) is 0.105. The average Bonchev–Trinajstić information content (AvgIpc) is 2.37. The van der Waals surface area contributed by atoms with Crippen molar-refractivity contribution in [2.24, 2.45) is 5.73 Å². The maximum absolute atomic E-state index is 5.96. The van der Waals surface area contributed by atoms with Crippen LogP contribution in [-0.4, -0.2) is 44.4 Å². The third kappa shape index (κ3) is 3.59. The van der Waals surface area contributed by atoms with Crippen molar-refractivity contribution < 1.29 is 9.47 Å². The Morgan fingerprint density at radius 2 is 2.39 bits per heavy atom. The molecule has 1 aromatic rings. The lowest BCUT2D eigenvalue weighted by molar-refractivity contribution is -0.0404. The Labute approximate surface area is 113 Å². The summed E-state index contributed by atoms with van der Waals surface area (Å²) in [6.45, 7) is 3.58. The number of likely N-dealkylation sites (N-methyl/N-ethyl adjacent to an activating group) is 1. The zero-order valence-corrected chi connectivity index (χ0v) is 11.3. The lowest BCUT2D eigenvalue weighted by atomic mass is 10.2. The largest absolute Gasteiger partial charge is 0.490 e. The molecule has 1 atom stereocenters. The first-order valence-electron chi connectivity index (χ1n) is 6.10. The molecular weight excluding hydrogens is 252 g/mol. The van der Waals surface area contributed by atoms with Gasteiger partial charge in [0.15, 0.2) is 0 Å². The number of hydrogen-bond acceptors (Lipinski definition) is 4. The normalized spacial score (nSPS) is 20.9. The smallest absolute Gasteiger partial charge is 0.125 e. The van der Waals surface area contributed by atoms with Crippen LogP contribution >= 0.6 is 11.6 Å². The van der Waals surface area contributed by atoms with E-state index in [-0.39, 0.29) is 6.10 Å². The van der Waals surface area contributed by atoms with E-state index in [0.29, 0.717) is 18.2 Å². The standard InChI is InChI=1S/C13H19ClN2O2/c1-16-4-5-17-12(8-16)9-18-13-6-11(14)3-2-10(13)7-15/h2-3,6,12H,4-5,7-9,15H2,1H3. The number of nitrogens with two attached hydrogens (primary N) is 1. The molecule has 1 aliphatic rings. The highest BCUT2D eigenvalue weighted by Crippen LogP contribution is 2.23. The first-order chi connectivity index (χ1) is 8.69. The number of rotatable bonds is 4. The second kappa shape index (κ2) is 6.38. The molecule has 0 saturated carbocycles. The summed E-state index contributed by atoms with van der Waals surface area (Å²) >= 11 is 5.96. The molecule has 5 heteroatoms. The Hall–Kier alpha value is -0.810. The third-order valence-corrected chi connectivity index (χ3v) is 3.25. The predicted octanol–water partition coefficient (Wildman–Crippen LogP) is 1.51. The Bertz CT molecular complexity index is 401. The fourth-order valence-electron chi connectivity index (χ4n) is 1.98. The Morgan fingerprint density at radius 3 is 3.11 bits per heavy atom. The van der Waals surface area contributed by atoms with Gasteiger partial charge in [-0.15, -0.1) is 0 Å². The van der Waals surface area contributed by atoms with Crippen molar-refractivity contribution in [3.05, 3.63) is 28.8 Å². The van der Waals surface area contributed by atoms with Crippen LogP contribution in [0.25, 0.3) is 0 Å². The quantitative estimate of drug-likeness (QED) is 0.901. The summed E-state index contributed by atoms with van der Waals surface area (Å²) < 4.78 is 11.4. The van der Waals surface area contributed by atoms with Gasteiger partial charge in [-0.05, 0) is 19.2 Å². The maximum atomic E-state index is 5.96. The summed E-state index contributed by atoms with van der Waals surface area (Å²) in [5.74, 6) is 0.752. The lowest BCUT2D eigenvalue weighted by Gasteiger charge is -2.30. The Kier molecular flexibility index (Phi) is 4.83. The van der Waals surface area contributed by atoms with Crippen LogP contribution in [0, 0.1) is 0 Å². The Morgan fingerprint density at radius 1 is 1.56 bits per heavy atom. The summed E-state index contributed by atoms with van der Waals surface area (Å²) in [5, 5.41) is 0.656. The summed E-state index contributed by atoms with van der Waals surface area (Å²) in [6, 6.07) is 5.52. The van der Waals surface area contributed by atoms with Crippen LogP contribution in [0.2, 0.25) is 5.02 Å². The van der Waals surface area contributed by atoms with Crippen molar-refractivity contribution in [3.63, 3.8) is 0 Å². The molecule has 18 heavy (non-hydrogen) atoms. The second-order valence-corrected chi connectivity index (χ2v) is 4.96. The van der Waals surface area contributed by atoms with Gasteiger partial charge in [0.1, 0.15) is 18.5 Å². The first kappa shape index (κ1) is 13.6. The van der Waals surface area contributed by atoms with Crippen LogP contribution in [-0.2, 0) is 11.3 Å². The zero-order valence-electron chi connectivity index (χ0n) is 10.6. The van der Waals surface area contributed by atoms with Crippen molar-refractivity contribution in [2.45, 2.75) is 12.6 Å². The number of benzene rings is 1. The minimum absolute atomic E-state index is 0.105. The highest BCUT2D eigenvalue weighted by atomic mass is 35.5. The summed E-state index contributed by atoms with van der Waals surface area (Å²) in [5.41, 5.74) is 6.63. The number of nitrogens with zero attached hydrogens (tertiary/aromatic N) is 1. The molecular formula is C13H19ClN2O2.